The summed E-state index contributed by atoms with van der Waals surface area (Å²) >= 11 is 6.11. The Morgan fingerprint density at radius 1 is 1.15 bits per heavy atom. The van der Waals surface area contributed by atoms with Crippen molar-refractivity contribution in [2.75, 3.05) is 16.3 Å². The molecular formula is C24H23ClN4O5. The zero-order valence-electron chi connectivity index (χ0n) is 18.2. The van der Waals surface area contributed by atoms with Gasteiger partial charge in [0.05, 0.1) is 23.2 Å². The number of piperidine rings is 1. The number of benzene rings is 2. The van der Waals surface area contributed by atoms with E-state index in [0.29, 0.717) is 34.6 Å². The van der Waals surface area contributed by atoms with Crippen LogP contribution in [0.3, 0.4) is 0 Å². The fraction of sp³-hybridized carbons (Fsp3) is 0.250. The van der Waals surface area contributed by atoms with Gasteiger partial charge in [-0.2, -0.15) is 0 Å². The molecule has 9 nitrogen and oxygen atoms in total. The summed E-state index contributed by atoms with van der Waals surface area (Å²) < 4.78 is 0. The Kier molecular flexibility index (Phi) is 6.67. The maximum atomic E-state index is 13.5. The van der Waals surface area contributed by atoms with Crippen LogP contribution in [0.4, 0.5) is 11.4 Å². The second kappa shape index (κ2) is 9.66. The van der Waals surface area contributed by atoms with Crippen LogP contribution in [0.25, 0.3) is 10.9 Å². The summed E-state index contributed by atoms with van der Waals surface area (Å²) in [6.07, 6.45) is 3.18. The van der Waals surface area contributed by atoms with E-state index in [1.807, 2.05) is 0 Å². The van der Waals surface area contributed by atoms with Gasteiger partial charge in [0.25, 0.3) is 11.8 Å². The second-order valence-electron chi connectivity index (χ2n) is 8.10. The predicted octanol–water partition coefficient (Wildman–Crippen LogP) is 3.31. The molecule has 4 N–H and O–H groups in total. The molecule has 0 spiro atoms. The molecular weight excluding hydrogens is 460 g/mol. The highest BCUT2D eigenvalue weighted by atomic mass is 35.5. The Bertz CT molecular complexity index is 1270. The minimum absolute atomic E-state index is 0.0180. The minimum Gasteiger partial charge on any atom is -0.481 e. The number of carbonyl (C=O) groups is 4. The van der Waals surface area contributed by atoms with Crippen molar-refractivity contribution in [2.45, 2.75) is 31.7 Å². The molecule has 0 unspecified atom stereocenters. The Morgan fingerprint density at radius 2 is 1.88 bits per heavy atom. The predicted molar refractivity (Wildman–Crippen MR) is 128 cm³/mol. The molecule has 1 aliphatic heterocycles. The number of anilines is 2. The number of nitrogens with two attached hydrogens (primary N) is 1. The van der Waals surface area contributed by atoms with Crippen LogP contribution in [0.1, 0.15) is 36.0 Å². The molecule has 0 bridgehead atoms. The number of hydrogen-bond acceptors (Lipinski definition) is 5. The van der Waals surface area contributed by atoms with E-state index < -0.39 is 30.2 Å². The van der Waals surface area contributed by atoms with Crippen molar-refractivity contribution >= 4 is 57.6 Å². The number of carboxylic acids is 1. The number of aliphatic carboxylic acids is 1. The lowest BCUT2D eigenvalue weighted by atomic mass is 10.1. The number of hydrogen-bond donors (Lipinski definition) is 3. The molecule has 0 aliphatic carbocycles. The lowest BCUT2D eigenvalue weighted by Gasteiger charge is -2.28. The number of carbonyl (C=O) groups excluding carboxylic acids is 3. The number of carboxylic acid groups (broad SMARTS) is 1. The second-order valence-corrected chi connectivity index (χ2v) is 8.51. The molecule has 3 aromatic rings. The van der Waals surface area contributed by atoms with Crippen LogP contribution in [-0.4, -0.2) is 46.4 Å². The van der Waals surface area contributed by atoms with Crippen molar-refractivity contribution in [3.05, 3.63) is 59.2 Å². The Balaban J connectivity index is 1.69. The Morgan fingerprint density at radius 3 is 2.56 bits per heavy atom. The number of aromatic nitrogens is 1. The lowest BCUT2D eigenvalue weighted by Crippen LogP contribution is -2.48. The van der Waals surface area contributed by atoms with Crippen molar-refractivity contribution < 1.29 is 24.3 Å². The molecule has 1 saturated heterocycles. The smallest absolute Gasteiger partial charge is 0.305 e. The van der Waals surface area contributed by atoms with E-state index in [1.54, 1.807) is 47.5 Å². The van der Waals surface area contributed by atoms with E-state index in [1.165, 1.54) is 6.07 Å². The molecule has 34 heavy (non-hydrogen) atoms. The Labute approximate surface area is 200 Å². The number of amides is 3. The maximum Gasteiger partial charge on any atom is 0.305 e. The molecule has 2 aromatic carbocycles. The van der Waals surface area contributed by atoms with Gasteiger partial charge in [0.2, 0.25) is 5.91 Å². The van der Waals surface area contributed by atoms with Crippen molar-refractivity contribution in [1.82, 2.24) is 4.98 Å². The number of rotatable bonds is 6. The lowest BCUT2D eigenvalue weighted by molar-refractivity contribution is -0.139. The fourth-order valence-corrected chi connectivity index (χ4v) is 4.22. The largest absolute Gasteiger partial charge is 0.481 e. The van der Waals surface area contributed by atoms with Gasteiger partial charge < -0.3 is 20.7 Å². The van der Waals surface area contributed by atoms with Crippen molar-refractivity contribution in [2.24, 2.45) is 5.73 Å². The summed E-state index contributed by atoms with van der Waals surface area (Å²) in [6, 6.07) is 9.74. The van der Waals surface area contributed by atoms with E-state index in [-0.39, 0.29) is 17.2 Å². The van der Waals surface area contributed by atoms with Crippen LogP contribution in [0.5, 0.6) is 0 Å². The van der Waals surface area contributed by atoms with Gasteiger partial charge in [-0.3, -0.25) is 19.2 Å². The van der Waals surface area contributed by atoms with E-state index in [9.17, 15) is 19.2 Å². The quantitative estimate of drug-likeness (QED) is 0.493. The van der Waals surface area contributed by atoms with Gasteiger partial charge >= 0.3 is 5.97 Å². The number of fused-ring (bicyclic) bond motifs is 1. The molecule has 1 aliphatic rings. The van der Waals surface area contributed by atoms with Crippen molar-refractivity contribution in [1.29, 1.82) is 0 Å². The highest BCUT2D eigenvalue weighted by Crippen LogP contribution is 2.28. The van der Waals surface area contributed by atoms with Crippen LogP contribution in [0.2, 0.25) is 5.02 Å². The van der Waals surface area contributed by atoms with Gasteiger partial charge in [-0.1, -0.05) is 17.7 Å². The summed E-state index contributed by atoms with van der Waals surface area (Å²) in [4.78, 5) is 55.4. The molecule has 1 aromatic heterocycles. The number of H-pyrrole nitrogens is 1. The highest BCUT2D eigenvalue weighted by Gasteiger charge is 2.31. The number of imide groups is 1. The SMILES string of the molecule is N[C@@H](CC(=O)O)C(=O)N(C(=O)c1ccc2c(Cl)c[nH]c2c1)c1ccc(N2CCCCC2=O)cc1. The number of halogens is 1. The maximum absolute atomic E-state index is 13.5. The van der Waals surface area contributed by atoms with E-state index >= 15 is 0 Å². The summed E-state index contributed by atoms with van der Waals surface area (Å²) in [5.74, 6) is -2.75. The molecule has 0 saturated carbocycles. The first-order valence-electron chi connectivity index (χ1n) is 10.8. The standard InChI is InChI=1S/C24H23ClN4O5/c25-18-13-27-20-11-14(4-9-17(18)20)23(33)29(24(34)19(26)12-22(31)32)16-7-5-15(6-8-16)28-10-2-1-3-21(28)30/h4-9,11,13,19,27H,1-3,10,12,26H2,(H,31,32)/t19-/m0/s1. The van der Waals surface area contributed by atoms with Crippen molar-refractivity contribution in [3.63, 3.8) is 0 Å². The number of nitrogens with one attached hydrogen (secondary N) is 1. The fourth-order valence-electron chi connectivity index (χ4n) is 4.00. The Hall–Kier alpha value is -3.69. The third-order valence-corrected chi connectivity index (χ3v) is 6.07. The van der Waals surface area contributed by atoms with Gasteiger partial charge in [0.15, 0.2) is 0 Å². The van der Waals surface area contributed by atoms with E-state index in [2.05, 4.69) is 4.98 Å². The van der Waals surface area contributed by atoms with Gasteiger partial charge in [-0.05, 0) is 49.2 Å². The summed E-state index contributed by atoms with van der Waals surface area (Å²) in [7, 11) is 0. The molecule has 10 heteroatoms. The van der Waals surface area contributed by atoms with Gasteiger partial charge in [0, 0.05) is 41.3 Å². The summed E-state index contributed by atoms with van der Waals surface area (Å²) in [5.41, 5.74) is 7.50. The molecule has 4 rings (SSSR count). The van der Waals surface area contributed by atoms with Crippen LogP contribution >= 0.6 is 11.6 Å². The normalized spacial score (nSPS) is 14.8. The van der Waals surface area contributed by atoms with Crippen LogP contribution in [0, 0.1) is 0 Å². The third kappa shape index (κ3) is 4.66. The number of aromatic amines is 1. The summed E-state index contributed by atoms with van der Waals surface area (Å²) in [5, 5.41) is 10.3. The first kappa shape index (κ1) is 23.5. The average Bonchev–Trinajstić information content (AvgIpc) is 3.19. The van der Waals surface area contributed by atoms with Crippen LogP contribution in [0.15, 0.2) is 48.7 Å². The third-order valence-electron chi connectivity index (χ3n) is 5.76. The first-order chi connectivity index (χ1) is 16.3. The topological polar surface area (TPSA) is 137 Å². The van der Waals surface area contributed by atoms with Crippen LogP contribution in [-0.2, 0) is 14.4 Å². The van der Waals surface area contributed by atoms with Crippen molar-refractivity contribution in [3.8, 4) is 0 Å². The zero-order chi connectivity index (χ0) is 24.4. The van der Waals surface area contributed by atoms with Gasteiger partial charge in [-0.25, -0.2) is 4.90 Å². The highest BCUT2D eigenvalue weighted by molar-refractivity contribution is 6.35. The molecule has 0 radical (unpaired) electrons. The average molecular weight is 483 g/mol. The van der Waals surface area contributed by atoms with Gasteiger partial charge in [-0.15, -0.1) is 0 Å². The molecule has 2 heterocycles. The monoisotopic (exact) mass is 482 g/mol. The first-order valence-corrected chi connectivity index (χ1v) is 11.2. The minimum atomic E-state index is -1.42. The zero-order valence-corrected chi connectivity index (χ0v) is 18.9. The van der Waals surface area contributed by atoms with Crippen LogP contribution < -0.4 is 15.5 Å². The number of nitrogens with zero attached hydrogens (tertiary/aromatic N) is 2. The molecule has 176 valence electrons. The molecule has 1 atom stereocenters. The molecule has 1 fully saturated rings. The van der Waals surface area contributed by atoms with E-state index in [0.717, 1.165) is 17.7 Å². The summed E-state index contributed by atoms with van der Waals surface area (Å²) in [6.45, 7) is 0.599. The molecule has 3 amide bonds. The van der Waals surface area contributed by atoms with Gasteiger partial charge in [0.1, 0.15) is 0 Å². The van der Waals surface area contributed by atoms with E-state index in [4.69, 9.17) is 22.4 Å².